The van der Waals surface area contributed by atoms with Gasteiger partial charge in [0.15, 0.2) is 34.9 Å². The molecule has 104 heavy (non-hydrogen) atoms. The SMILES string of the molecule is CC1(C)c2ccccc2-c2ccc(-c3nc(-c4ccccc4)nc(-c4cccc5c4Cc4c(-c6ccc(-c7ccccc7)cc6)cccc4-5)n3)cc21.CC1(C)c2ccccc2-c2ccc(-c3nc(-c4ccccc4)nc(-c4cccc5c4Cc4c(-c6cccc(-c7ccccc7)c6)cccc4-5)n3)cc21. The maximum absolute atomic E-state index is 5.27. The van der Waals surface area contributed by atoms with Gasteiger partial charge >= 0.3 is 0 Å². The molecule has 492 valence electrons. The van der Waals surface area contributed by atoms with Gasteiger partial charge in [0.1, 0.15) is 0 Å². The first kappa shape index (κ1) is 62.1. The fourth-order valence-electron chi connectivity index (χ4n) is 16.8. The van der Waals surface area contributed by atoms with Gasteiger partial charge in [-0.25, -0.2) is 29.9 Å². The summed E-state index contributed by atoms with van der Waals surface area (Å²) in [6, 6.07) is 117. The predicted molar refractivity (Wildman–Crippen MR) is 426 cm³/mol. The molecule has 2 aromatic heterocycles. The second-order valence-electron chi connectivity index (χ2n) is 28.8. The van der Waals surface area contributed by atoms with Gasteiger partial charge < -0.3 is 0 Å². The minimum absolute atomic E-state index is 0.119. The van der Waals surface area contributed by atoms with E-state index >= 15 is 0 Å². The fourth-order valence-corrected chi connectivity index (χ4v) is 16.8. The lowest BCUT2D eigenvalue weighted by atomic mass is 9.82. The molecule has 0 N–H and O–H groups in total. The number of hydrogen-bond donors (Lipinski definition) is 0. The molecule has 4 aliphatic rings. The van der Waals surface area contributed by atoms with Crippen molar-refractivity contribution in [3.63, 3.8) is 0 Å². The maximum Gasteiger partial charge on any atom is 0.164 e. The van der Waals surface area contributed by atoms with E-state index in [9.17, 15) is 0 Å². The van der Waals surface area contributed by atoms with E-state index < -0.39 is 0 Å². The lowest BCUT2D eigenvalue weighted by Crippen LogP contribution is -2.15. The zero-order valence-electron chi connectivity index (χ0n) is 58.3. The monoisotopic (exact) mass is 1330 g/mol. The molecule has 0 fully saturated rings. The van der Waals surface area contributed by atoms with Gasteiger partial charge in [-0.15, -0.1) is 0 Å². The summed E-state index contributed by atoms with van der Waals surface area (Å²) in [6.45, 7) is 9.25. The van der Waals surface area contributed by atoms with Crippen molar-refractivity contribution in [3.05, 3.63) is 372 Å². The van der Waals surface area contributed by atoms with Crippen LogP contribution in [0.3, 0.4) is 0 Å². The van der Waals surface area contributed by atoms with E-state index in [-0.39, 0.29) is 10.8 Å². The molecule has 0 unspecified atom stereocenters. The van der Waals surface area contributed by atoms with Crippen LogP contribution in [0.25, 0.3) is 157 Å². The average molecular weight is 1330 g/mol. The third-order valence-corrected chi connectivity index (χ3v) is 22.1. The smallest absolute Gasteiger partial charge is 0.164 e. The third-order valence-electron chi connectivity index (χ3n) is 22.1. The van der Waals surface area contributed by atoms with Crippen molar-refractivity contribution in [1.29, 1.82) is 0 Å². The van der Waals surface area contributed by atoms with Crippen LogP contribution in [0.5, 0.6) is 0 Å². The molecule has 4 aliphatic carbocycles. The Balaban J connectivity index is 0.000000143. The molecule has 0 radical (unpaired) electrons. The molecule has 0 saturated carbocycles. The Morgan fingerprint density at radius 1 is 0.173 bits per heavy atom. The molecule has 0 aliphatic heterocycles. The first-order valence-electron chi connectivity index (χ1n) is 36.0. The standard InChI is InChI=1S/2C49H35N3/c1-49(2)44-25-10-9-20-39(44)40-27-26-35(29-45(40)49)47-50-46(32-16-7-4-8-17-32)51-48(52-47)41-24-13-23-38-37-22-12-21-36(42(37)30-43(38)41)34-19-11-18-33(28-34)31-14-5-3-6-15-31;1-49(2)44-22-10-9-17-39(44)40-28-27-35(29-45(40)49)47-50-46(34-15-7-4-8-16-34)51-48(52-47)41-21-12-20-38-37-19-11-18-36(42(37)30-43(38)41)33-25-23-32(24-26-33)31-13-5-3-6-14-31/h2*3-29H,30H2,1-2H3. The Bertz CT molecular complexity index is 6080. The molecule has 0 bridgehead atoms. The van der Waals surface area contributed by atoms with Gasteiger partial charge in [0.2, 0.25) is 0 Å². The molecule has 16 aromatic rings. The summed E-state index contributed by atoms with van der Waals surface area (Å²) in [6.07, 6.45) is 1.62. The molecular formula is C98H70N6. The molecule has 6 heteroatoms. The van der Waals surface area contributed by atoms with Crippen LogP contribution in [-0.2, 0) is 23.7 Å². The molecule has 0 amide bonds. The van der Waals surface area contributed by atoms with Gasteiger partial charge in [-0.2, -0.15) is 0 Å². The van der Waals surface area contributed by atoms with E-state index in [1.54, 1.807) is 0 Å². The summed E-state index contributed by atoms with van der Waals surface area (Å²) in [7, 11) is 0. The van der Waals surface area contributed by atoms with Crippen molar-refractivity contribution in [2.75, 3.05) is 0 Å². The Morgan fingerprint density at radius 3 is 0.885 bits per heavy atom. The number of hydrogen-bond acceptors (Lipinski definition) is 6. The van der Waals surface area contributed by atoms with Gasteiger partial charge in [-0.05, 0) is 152 Å². The van der Waals surface area contributed by atoms with Crippen molar-refractivity contribution in [1.82, 2.24) is 29.9 Å². The highest BCUT2D eigenvalue weighted by Gasteiger charge is 2.38. The van der Waals surface area contributed by atoms with E-state index in [2.05, 4.69) is 319 Å². The summed E-state index contributed by atoms with van der Waals surface area (Å²) in [5.74, 6) is 4.12. The maximum atomic E-state index is 5.27. The van der Waals surface area contributed by atoms with E-state index in [1.807, 2.05) is 36.4 Å². The third kappa shape index (κ3) is 10.6. The van der Waals surface area contributed by atoms with Gasteiger partial charge in [-0.1, -0.05) is 337 Å². The lowest BCUT2D eigenvalue weighted by Gasteiger charge is -2.21. The summed E-state index contributed by atoms with van der Waals surface area (Å²) in [5, 5.41) is 0. The van der Waals surface area contributed by atoms with Crippen molar-refractivity contribution in [2.24, 2.45) is 0 Å². The van der Waals surface area contributed by atoms with E-state index in [0.29, 0.717) is 34.9 Å². The van der Waals surface area contributed by atoms with Crippen molar-refractivity contribution >= 4 is 0 Å². The molecule has 0 saturated heterocycles. The molecule has 14 aromatic carbocycles. The Kier molecular flexibility index (Phi) is 14.9. The minimum Gasteiger partial charge on any atom is -0.208 e. The predicted octanol–water partition coefficient (Wildman–Crippen LogP) is 24.2. The van der Waals surface area contributed by atoms with Gasteiger partial charge in [-0.3, -0.25) is 0 Å². The summed E-state index contributed by atoms with van der Waals surface area (Å²) in [5.41, 5.74) is 36.4. The number of fused-ring (bicyclic) bond motifs is 12. The topological polar surface area (TPSA) is 77.3 Å². The Hall–Kier alpha value is -12.9. The van der Waals surface area contributed by atoms with Crippen LogP contribution in [0.1, 0.15) is 72.2 Å². The quantitative estimate of drug-likeness (QED) is 0.136. The van der Waals surface area contributed by atoms with E-state index in [1.165, 1.54) is 134 Å². The van der Waals surface area contributed by atoms with Crippen LogP contribution >= 0.6 is 0 Å². The number of benzene rings is 14. The van der Waals surface area contributed by atoms with Crippen LogP contribution in [0.15, 0.2) is 328 Å². The van der Waals surface area contributed by atoms with Crippen molar-refractivity contribution < 1.29 is 0 Å². The van der Waals surface area contributed by atoms with Gasteiger partial charge in [0.05, 0.1) is 0 Å². The number of rotatable bonds is 10. The summed E-state index contributed by atoms with van der Waals surface area (Å²) < 4.78 is 0. The van der Waals surface area contributed by atoms with Crippen molar-refractivity contribution in [2.45, 2.75) is 51.4 Å². The largest absolute Gasteiger partial charge is 0.208 e. The molecular weight excluding hydrogens is 1260 g/mol. The number of aromatic nitrogens is 6. The number of nitrogens with zero attached hydrogens (tertiary/aromatic N) is 6. The Labute approximate surface area is 607 Å². The van der Waals surface area contributed by atoms with Crippen LogP contribution in [0.4, 0.5) is 0 Å². The lowest BCUT2D eigenvalue weighted by molar-refractivity contribution is 0.660. The summed E-state index contributed by atoms with van der Waals surface area (Å²) >= 11 is 0. The minimum atomic E-state index is -0.121. The van der Waals surface area contributed by atoms with E-state index in [4.69, 9.17) is 29.9 Å². The Morgan fingerprint density at radius 2 is 0.442 bits per heavy atom. The molecule has 0 spiro atoms. The normalized spacial score (nSPS) is 13.3. The highest BCUT2D eigenvalue weighted by atomic mass is 15.0. The van der Waals surface area contributed by atoms with Crippen LogP contribution in [-0.4, -0.2) is 29.9 Å². The zero-order chi connectivity index (χ0) is 69.6. The van der Waals surface area contributed by atoms with Crippen LogP contribution in [0, 0.1) is 0 Å². The first-order valence-corrected chi connectivity index (χ1v) is 36.0. The molecule has 6 nitrogen and oxygen atoms in total. The fraction of sp³-hybridized carbons (Fsp3) is 0.0816. The second-order valence-corrected chi connectivity index (χ2v) is 28.8. The zero-order valence-corrected chi connectivity index (χ0v) is 58.3. The van der Waals surface area contributed by atoms with Crippen LogP contribution in [0.2, 0.25) is 0 Å². The van der Waals surface area contributed by atoms with Crippen molar-refractivity contribution in [3.8, 4) is 157 Å². The first-order chi connectivity index (χ1) is 51.1. The van der Waals surface area contributed by atoms with Gasteiger partial charge in [0.25, 0.3) is 0 Å². The second kappa shape index (κ2) is 25.0. The molecule has 20 rings (SSSR count). The average Bonchev–Trinajstić information content (AvgIpc) is 1.60. The van der Waals surface area contributed by atoms with Crippen LogP contribution < -0.4 is 0 Å². The highest BCUT2D eigenvalue weighted by molar-refractivity contribution is 5.93. The van der Waals surface area contributed by atoms with Gasteiger partial charge in [0, 0.05) is 57.1 Å². The summed E-state index contributed by atoms with van der Waals surface area (Å²) in [4.78, 5) is 31.1. The molecule has 2 heterocycles. The molecule has 0 atom stereocenters. The van der Waals surface area contributed by atoms with E-state index in [0.717, 1.165) is 46.2 Å². The highest BCUT2D eigenvalue weighted by Crippen LogP contribution is 2.53.